The number of benzene rings is 1. The lowest BCUT2D eigenvalue weighted by molar-refractivity contribution is 0.180. The fourth-order valence-corrected chi connectivity index (χ4v) is 2.73. The fourth-order valence-electron chi connectivity index (χ4n) is 1.43. The summed E-state index contributed by atoms with van der Waals surface area (Å²) in [5.74, 6) is 0. The second kappa shape index (κ2) is 6.11. The number of rotatable bonds is 6. The maximum Gasteiger partial charge on any atom is 0.240 e. The van der Waals surface area contributed by atoms with E-state index >= 15 is 0 Å². The molecule has 0 amide bonds. The molecule has 0 saturated carbocycles. The van der Waals surface area contributed by atoms with Gasteiger partial charge in [-0.2, -0.15) is 0 Å². The van der Waals surface area contributed by atoms with Crippen LogP contribution in [0.25, 0.3) is 0 Å². The number of methoxy groups -OCH3 is 1. The van der Waals surface area contributed by atoms with Crippen LogP contribution in [0, 0.1) is 0 Å². The number of sulfonamides is 1. The van der Waals surface area contributed by atoms with Gasteiger partial charge in [0.15, 0.2) is 0 Å². The summed E-state index contributed by atoms with van der Waals surface area (Å²) in [6, 6.07) is 5.89. The first-order valence-corrected chi connectivity index (χ1v) is 6.69. The molecule has 0 saturated heterocycles. The van der Waals surface area contributed by atoms with E-state index in [1.807, 2.05) is 0 Å². The molecule has 0 aliphatic heterocycles. The van der Waals surface area contributed by atoms with Crippen molar-refractivity contribution in [3.05, 3.63) is 29.8 Å². The summed E-state index contributed by atoms with van der Waals surface area (Å²) in [6.07, 6.45) is 0. The predicted octanol–water partition coefficient (Wildman–Crippen LogP) is 0.492. The van der Waals surface area contributed by atoms with E-state index in [-0.39, 0.29) is 17.5 Å². The zero-order valence-electron chi connectivity index (χ0n) is 9.88. The first-order chi connectivity index (χ1) is 7.99. The lowest BCUT2D eigenvalue weighted by Crippen LogP contribution is -2.35. The molecular formula is C11H17NO4S. The van der Waals surface area contributed by atoms with E-state index in [2.05, 4.69) is 4.72 Å². The fraction of sp³-hybridized carbons (Fsp3) is 0.455. The van der Waals surface area contributed by atoms with Crippen LogP contribution in [0.3, 0.4) is 0 Å². The second-order valence-electron chi connectivity index (χ2n) is 3.78. The highest BCUT2D eigenvalue weighted by Gasteiger charge is 2.17. The number of ether oxygens (including phenoxy) is 1. The standard InChI is InChI=1S/C11H17NO4S/c1-9(8-16-2)12-17(14,15)11-5-3-4-10(6-11)7-13/h3-6,9,12-13H,7-8H2,1-2H3. The highest BCUT2D eigenvalue weighted by molar-refractivity contribution is 7.89. The molecule has 1 aromatic rings. The Labute approximate surface area is 101 Å². The summed E-state index contributed by atoms with van der Waals surface area (Å²) in [5, 5.41) is 8.96. The van der Waals surface area contributed by atoms with Gasteiger partial charge in [-0.05, 0) is 24.6 Å². The van der Waals surface area contributed by atoms with E-state index in [1.165, 1.54) is 19.2 Å². The molecule has 0 aliphatic carbocycles. The van der Waals surface area contributed by atoms with Gasteiger partial charge in [0, 0.05) is 13.2 Å². The monoisotopic (exact) mass is 259 g/mol. The number of hydrogen-bond acceptors (Lipinski definition) is 4. The third kappa shape index (κ3) is 4.08. The van der Waals surface area contributed by atoms with E-state index in [0.29, 0.717) is 12.2 Å². The molecule has 0 aliphatic rings. The molecule has 1 atom stereocenters. The minimum absolute atomic E-state index is 0.145. The average Bonchev–Trinajstić information content (AvgIpc) is 2.28. The minimum Gasteiger partial charge on any atom is -0.392 e. The van der Waals surface area contributed by atoms with Crippen LogP contribution < -0.4 is 4.72 Å². The summed E-state index contributed by atoms with van der Waals surface area (Å²) < 4.78 is 31.2. The first kappa shape index (κ1) is 14.1. The highest BCUT2D eigenvalue weighted by atomic mass is 32.2. The maximum atomic E-state index is 11.9. The molecule has 1 unspecified atom stereocenters. The molecular weight excluding hydrogens is 242 g/mol. The number of hydrogen-bond donors (Lipinski definition) is 2. The van der Waals surface area contributed by atoms with E-state index < -0.39 is 10.0 Å². The van der Waals surface area contributed by atoms with Gasteiger partial charge in [0.05, 0.1) is 18.1 Å². The summed E-state index contributed by atoms with van der Waals surface area (Å²) in [4.78, 5) is 0.145. The van der Waals surface area contributed by atoms with Crippen molar-refractivity contribution < 1.29 is 18.3 Å². The van der Waals surface area contributed by atoms with Gasteiger partial charge < -0.3 is 9.84 Å². The minimum atomic E-state index is -3.56. The largest absolute Gasteiger partial charge is 0.392 e. The Bertz CT molecular complexity index is 458. The van der Waals surface area contributed by atoms with Crippen LogP contribution in [0.5, 0.6) is 0 Å². The Hall–Kier alpha value is -0.950. The van der Waals surface area contributed by atoms with Gasteiger partial charge >= 0.3 is 0 Å². The Balaban J connectivity index is 2.89. The van der Waals surface area contributed by atoms with Crippen LogP contribution in [0.1, 0.15) is 12.5 Å². The SMILES string of the molecule is COCC(C)NS(=O)(=O)c1cccc(CO)c1. The van der Waals surface area contributed by atoms with Crippen molar-refractivity contribution in [3.8, 4) is 0 Å². The van der Waals surface area contributed by atoms with Crippen molar-refractivity contribution in [3.63, 3.8) is 0 Å². The van der Waals surface area contributed by atoms with Gasteiger partial charge in [-0.25, -0.2) is 13.1 Å². The van der Waals surface area contributed by atoms with Gasteiger partial charge in [-0.15, -0.1) is 0 Å². The number of nitrogens with one attached hydrogen (secondary N) is 1. The van der Waals surface area contributed by atoms with Crippen molar-refractivity contribution >= 4 is 10.0 Å². The van der Waals surface area contributed by atoms with E-state index in [9.17, 15) is 8.42 Å². The van der Waals surface area contributed by atoms with Gasteiger partial charge in [-0.1, -0.05) is 12.1 Å². The van der Waals surface area contributed by atoms with E-state index in [1.54, 1.807) is 19.1 Å². The zero-order valence-corrected chi connectivity index (χ0v) is 10.7. The lowest BCUT2D eigenvalue weighted by atomic mass is 10.2. The van der Waals surface area contributed by atoms with E-state index in [4.69, 9.17) is 9.84 Å². The molecule has 5 nitrogen and oxygen atoms in total. The molecule has 17 heavy (non-hydrogen) atoms. The topological polar surface area (TPSA) is 75.6 Å². The highest BCUT2D eigenvalue weighted by Crippen LogP contribution is 2.12. The van der Waals surface area contributed by atoms with Crippen LogP contribution in [0.4, 0.5) is 0 Å². The van der Waals surface area contributed by atoms with Gasteiger partial charge in [0.2, 0.25) is 10.0 Å². The van der Waals surface area contributed by atoms with Crippen LogP contribution in [-0.2, 0) is 21.4 Å². The first-order valence-electron chi connectivity index (χ1n) is 5.20. The number of aliphatic hydroxyl groups excluding tert-OH is 1. The molecule has 2 N–H and O–H groups in total. The third-order valence-electron chi connectivity index (χ3n) is 2.16. The number of aliphatic hydroxyl groups is 1. The molecule has 6 heteroatoms. The van der Waals surface area contributed by atoms with Gasteiger partial charge in [-0.3, -0.25) is 0 Å². The van der Waals surface area contributed by atoms with Crippen molar-refractivity contribution in [1.29, 1.82) is 0 Å². The third-order valence-corrected chi connectivity index (χ3v) is 3.75. The quantitative estimate of drug-likeness (QED) is 0.779. The summed E-state index contributed by atoms with van der Waals surface area (Å²) in [5.41, 5.74) is 0.562. The molecule has 96 valence electrons. The summed E-state index contributed by atoms with van der Waals surface area (Å²) >= 11 is 0. The van der Waals surface area contributed by atoms with E-state index in [0.717, 1.165) is 0 Å². The van der Waals surface area contributed by atoms with Gasteiger partial charge in [0.25, 0.3) is 0 Å². The molecule has 0 aromatic heterocycles. The van der Waals surface area contributed by atoms with Gasteiger partial charge in [0.1, 0.15) is 0 Å². The summed E-state index contributed by atoms with van der Waals surface area (Å²) in [6.45, 7) is 1.84. The summed E-state index contributed by atoms with van der Waals surface area (Å²) in [7, 11) is -2.04. The molecule has 0 heterocycles. The molecule has 0 bridgehead atoms. The van der Waals surface area contributed by atoms with Crippen LogP contribution >= 0.6 is 0 Å². The normalized spacial score (nSPS) is 13.6. The van der Waals surface area contributed by atoms with Crippen LogP contribution in [-0.4, -0.2) is 33.3 Å². The van der Waals surface area contributed by atoms with Crippen LogP contribution in [0.2, 0.25) is 0 Å². The smallest absolute Gasteiger partial charge is 0.240 e. The molecule has 1 aromatic carbocycles. The van der Waals surface area contributed by atoms with Crippen molar-refractivity contribution in [2.24, 2.45) is 0 Å². The molecule has 0 spiro atoms. The second-order valence-corrected chi connectivity index (χ2v) is 5.50. The van der Waals surface area contributed by atoms with Crippen LogP contribution in [0.15, 0.2) is 29.2 Å². The van der Waals surface area contributed by atoms with Crippen molar-refractivity contribution in [2.45, 2.75) is 24.5 Å². The predicted molar refractivity (Wildman–Crippen MR) is 64.0 cm³/mol. The molecule has 0 radical (unpaired) electrons. The Morgan fingerprint density at radius 1 is 1.47 bits per heavy atom. The Kier molecular flexibility index (Phi) is 5.07. The lowest BCUT2D eigenvalue weighted by Gasteiger charge is -2.13. The maximum absolute atomic E-state index is 11.9. The molecule has 0 fully saturated rings. The van der Waals surface area contributed by atoms with Crippen molar-refractivity contribution in [2.75, 3.05) is 13.7 Å². The zero-order chi connectivity index (χ0) is 12.9. The Morgan fingerprint density at radius 3 is 2.76 bits per heavy atom. The Morgan fingerprint density at radius 2 is 2.18 bits per heavy atom. The van der Waals surface area contributed by atoms with Crippen molar-refractivity contribution in [1.82, 2.24) is 4.72 Å². The molecule has 1 rings (SSSR count). The average molecular weight is 259 g/mol.